The number of ether oxygens (including phenoxy) is 1. The summed E-state index contributed by atoms with van der Waals surface area (Å²) in [4.78, 5) is 24.5. The van der Waals surface area contributed by atoms with Gasteiger partial charge in [0.05, 0.1) is 17.7 Å². The molecule has 2 aromatic rings. The minimum absolute atomic E-state index is 0.236. The smallest absolute Gasteiger partial charge is 0.328 e. The van der Waals surface area contributed by atoms with Gasteiger partial charge in [0, 0.05) is 6.92 Å². The molecule has 0 fully saturated rings. The van der Waals surface area contributed by atoms with Crippen molar-refractivity contribution in [3.05, 3.63) is 48.4 Å². The number of carbonyl (C=O) groups is 2. The van der Waals surface area contributed by atoms with E-state index in [2.05, 4.69) is 22.1 Å². The zero-order chi connectivity index (χ0) is 17.5. The largest absolute Gasteiger partial charge is 0.464 e. The molecule has 126 valence electrons. The van der Waals surface area contributed by atoms with Crippen molar-refractivity contribution in [2.24, 2.45) is 0 Å². The van der Waals surface area contributed by atoms with Gasteiger partial charge in [-0.1, -0.05) is 18.2 Å². The molecule has 1 atom stereocenters. The first-order chi connectivity index (χ1) is 11.6. The fourth-order valence-corrected chi connectivity index (χ4v) is 2.13. The van der Waals surface area contributed by atoms with Gasteiger partial charge in [-0.2, -0.15) is 0 Å². The lowest BCUT2D eigenvalue weighted by Crippen LogP contribution is -2.41. The predicted molar refractivity (Wildman–Crippen MR) is 87.2 cm³/mol. The summed E-state index contributed by atoms with van der Waals surface area (Å²) in [5, 5.41) is 10.4. The molecule has 1 amide bonds. The first-order valence-electron chi connectivity index (χ1n) is 7.54. The minimum Gasteiger partial charge on any atom is -0.464 e. The molecule has 0 unspecified atom stereocenters. The minimum atomic E-state index is -0.799. The third-order valence-electron chi connectivity index (χ3n) is 3.21. The van der Waals surface area contributed by atoms with Gasteiger partial charge in [-0.05, 0) is 25.5 Å². The second kappa shape index (κ2) is 8.05. The van der Waals surface area contributed by atoms with E-state index in [0.717, 1.165) is 0 Å². The van der Waals surface area contributed by atoms with Crippen molar-refractivity contribution in [3.63, 3.8) is 0 Å². The summed E-state index contributed by atoms with van der Waals surface area (Å²) < 4.78 is 10.4. The van der Waals surface area contributed by atoms with Crippen LogP contribution >= 0.6 is 0 Å². The molecule has 0 saturated heterocycles. The second-order valence-electron chi connectivity index (χ2n) is 4.97. The van der Waals surface area contributed by atoms with Gasteiger partial charge >= 0.3 is 5.97 Å². The molecule has 1 heterocycles. The van der Waals surface area contributed by atoms with E-state index in [4.69, 9.17) is 9.15 Å². The first kappa shape index (κ1) is 17.4. The maximum Gasteiger partial charge on any atom is 0.328 e. The van der Waals surface area contributed by atoms with Crippen LogP contribution in [0.1, 0.15) is 29.6 Å². The Bertz CT molecular complexity index is 739. The summed E-state index contributed by atoms with van der Waals surface area (Å²) in [6, 6.07) is 6.01. The zero-order valence-corrected chi connectivity index (χ0v) is 13.6. The Morgan fingerprint density at radius 3 is 2.75 bits per heavy atom. The van der Waals surface area contributed by atoms with E-state index in [-0.39, 0.29) is 18.9 Å². The van der Waals surface area contributed by atoms with Crippen molar-refractivity contribution in [1.29, 1.82) is 0 Å². The van der Waals surface area contributed by atoms with E-state index in [1.807, 2.05) is 0 Å². The third-order valence-corrected chi connectivity index (χ3v) is 3.21. The van der Waals surface area contributed by atoms with Crippen LogP contribution in [0.2, 0.25) is 0 Å². The Hall–Kier alpha value is -2.96. The third kappa shape index (κ3) is 4.07. The number of rotatable bonds is 7. The Balaban J connectivity index is 2.26. The monoisotopic (exact) mass is 329 g/mol. The van der Waals surface area contributed by atoms with Crippen molar-refractivity contribution in [2.45, 2.75) is 26.3 Å². The Morgan fingerprint density at radius 1 is 1.38 bits per heavy atom. The number of hydrogen-bond donors (Lipinski definition) is 1. The van der Waals surface area contributed by atoms with Gasteiger partial charge in [0.25, 0.3) is 5.91 Å². The highest BCUT2D eigenvalue weighted by molar-refractivity contribution is 6.01. The maximum atomic E-state index is 12.6. The van der Waals surface area contributed by atoms with Crippen LogP contribution in [0.5, 0.6) is 0 Å². The van der Waals surface area contributed by atoms with E-state index >= 15 is 0 Å². The molecule has 0 saturated carbocycles. The molecule has 24 heavy (non-hydrogen) atoms. The fourth-order valence-electron chi connectivity index (χ4n) is 2.13. The number of nitrogens with one attached hydrogen (secondary N) is 1. The van der Waals surface area contributed by atoms with E-state index in [1.165, 1.54) is 0 Å². The van der Waals surface area contributed by atoms with Gasteiger partial charge < -0.3 is 14.5 Å². The van der Waals surface area contributed by atoms with Gasteiger partial charge in [-0.15, -0.1) is 16.8 Å². The quantitative estimate of drug-likeness (QED) is 0.618. The lowest BCUT2D eigenvalue weighted by atomic mass is 10.1. The van der Waals surface area contributed by atoms with E-state index in [1.54, 1.807) is 44.2 Å². The summed E-state index contributed by atoms with van der Waals surface area (Å²) in [6.07, 6.45) is 1.82. The topological polar surface area (TPSA) is 94.3 Å². The number of nitrogens with zero attached hydrogens (tertiary/aromatic N) is 2. The van der Waals surface area contributed by atoms with Crippen molar-refractivity contribution < 1.29 is 18.7 Å². The van der Waals surface area contributed by atoms with Crippen molar-refractivity contribution in [2.75, 3.05) is 6.61 Å². The average Bonchev–Trinajstić information content (AvgIpc) is 3.01. The number of aryl methyl sites for hydroxylation is 1. The highest BCUT2D eigenvalue weighted by Gasteiger charge is 2.23. The summed E-state index contributed by atoms with van der Waals surface area (Å²) in [5.41, 5.74) is 0.830. The number of carbonyl (C=O) groups excluding carboxylic acids is 2. The molecular formula is C17H19N3O4. The molecule has 0 aliphatic rings. The van der Waals surface area contributed by atoms with Crippen LogP contribution in [0.25, 0.3) is 11.5 Å². The van der Waals surface area contributed by atoms with Crippen molar-refractivity contribution >= 4 is 11.9 Å². The molecule has 7 nitrogen and oxygen atoms in total. The first-order valence-corrected chi connectivity index (χ1v) is 7.54. The van der Waals surface area contributed by atoms with Crippen LogP contribution < -0.4 is 5.32 Å². The summed E-state index contributed by atoms with van der Waals surface area (Å²) in [6.45, 7) is 7.21. The number of hydrogen-bond acceptors (Lipinski definition) is 6. The Morgan fingerprint density at radius 2 is 2.12 bits per heavy atom. The van der Waals surface area contributed by atoms with Crippen molar-refractivity contribution in [1.82, 2.24) is 15.5 Å². The molecule has 0 bridgehead atoms. The van der Waals surface area contributed by atoms with Crippen molar-refractivity contribution in [3.8, 4) is 11.5 Å². The molecule has 2 rings (SSSR count). The van der Waals surface area contributed by atoms with E-state index in [0.29, 0.717) is 17.0 Å². The highest BCUT2D eigenvalue weighted by Crippen LogP contribution is 2.22. The second-order valence-corrected chi connectivity index (χ2v) is 4.97. The van der Waals surface area contributed by atoms with Crippen LogP contribution in [0.3, 0.4) is 0 Å². The SMILES string of the molecule is C=CC[C@H](NC(=O)c1ccccc1-c1nnc(C)o1)C(=O)OCC. The highest BCUT2D eigenvalue weighted by atomic mass is 16.5. The molecule has 0 spiro atoms. The zero-order valence-electron chi connectivity index (χ0n) is 13.6. The lowest BCUT2D eigenvalue weighted by molar-refractivity contribution is -0.145. The summed E-state index contributed by atoms with van der Waals surface area (Å²) >= 11 is 0. The number of aromatic nitrogens is 2. The van der Waals surface area contributed by atoms with Crippen LogP contribution in [-0.4, -0.2) is 34.7 Å². The fraction of sp³-hybridized carbons (Fsp3) is 0.294. The van der Waals surface area contributed by atoms with Gasteiger partial charge in [0.1, 0.15) is 6.04 Å². The van der Waals surface area contributed by atoms with E-state index < -0.39 is 17.9 Å². The Labute approximate surface area is 139 Å². The maximum absolute atomic E-state index is 12.6. The summed E-state index contributed by atoms with van der Waals surface area (Å²) in [7, 11) is 0. The molecule has 1 N–H and O–H groups in total. The normalized spacial score (nSPS) is 11.6. The lowest BCUT2D eigenvalue weighted by Gasteiger charge is -2.16. The number of amides is 1. The van der Waals surface area contributed by atoms with Gasteiger partial charge in [0.2, 0.25) is 11.8 Å². The predicted octanol–water partition coefficient (Wildman–Crippen LogP) is 2.28. The van der Waals surface area contributed by atoms with Crippen LogP contribution in [0.15, 0.2) is 41.3 Å². The van der Waals surface area contributed by atoms with Gasteiger partial charge in [-0.25, -0.2) is 4.79 Å². The van der Waals surface area contributed by atoms with Crippen LogP contribution in [0.4, 0.5) is 0 Å². The average molecular weight is 329 g/mol. The van der Waals surface area contributed by atoms with E-state index in [9.17, 15) is 9.59 Å². The van der Waals surface area contributed by atoms with Gasteiger partial charge in [-0.3, -0.25) is 4.79 Å². The standard InChI is InChI=1S/C17H19N3O4/c1-4-8-14(17(22)23-5-2)18-15(21)12-9-6-7-10-13(12)16-20-19-11(3)24-16/h4,6-7,9-10,14H,1,5,8H2,2-3H3,(H,18,21)/t14-/m0/s1. The molecule has 0 aliphatic carbocycles. The van der Waals surface area contributed by atoms with Crippen LogP contribution in [-0.2, 0) is 9.53 Å². The van der Waals surface area contributed by atoms with Gasteiger partial charge in [0.15, 0.2) is 0 Å². The molecule has 7 heteroatoms. The molecule has 0 radical (unpaired) electrons. The Kier molecular flexibility index (Phi) is 5.83. The molecular weight excluding hydrogens is 310 g/mol. The number of benzene rings is 1. The molecule has 1 aromatic heterocycles. The molecule has 0 aliphatic heterocycles. The molecule has 1 aromatic carbocycles. The van der Waals surface area contributed by atoms with Crippen LogP contribution in [0, 0.1) is 6.92 Å². The summed E-state index contributed by atoms with van der Waals surface area (Å²) in [5.74, 6) is -0.288. The number of esters is 1.